The van der Waals surface area contributed by atoms with Gasteiger partial charge in [0.25, 0.3) is 0 Å². The average molecular weight is 407 g/mol. The average Bonchev–Trinajstić information content (AvgIpc) is 3.28. The van der Waals surface area contributed by atoms with E-state index in [1.54, 1.807) is 23.0 Å². The van der Waals surface area contributed by atoms with Crippen LogP contribution in [-0.4, -0.2) is 39.8 Å². The Balaban J connectivity index is 1.54. The van der Waals surface area contributed by atoms with Crippen molar-refractivity contribution in [3.05, 3.63) is 77.6 Å². The molecule has 0 saturated heterocycles. The summed E-state index contributed by atoms with van der Waals surface area (Å²) in [5.74, 6) is -0.205. The maximum atomic E-state index is 10.9. The molecule has 0 fully saturated rings. The minimum absolute atomic E-state index is 0.0249. The summed E-state index contributed by atoms with van der Waals surface area (Å²) in [7, 11) is 0. The molecule has 156 valence electrons. The zero-order chi connectivity index (χ0) is 21.3. The van der Waals surface area contributed by atoms with Gasteiger partial charge in [-0.15, -0.1) is 0 Å². The highest BCUT2D eigenvalue weighted by atomic mass is 16.6. The SMILES string of the molecule is CC/C(=N\OCCOc1cccc(CC(=O)O)c1C)c1ccc(-n2cccn2)cc1. The first-order valence-electron chi connectivity index (χ1n) is 9.81. The normalized spacial score (nSPS) is 11.3. The molecule has 30 heavy (non-hydrogen) atoms. The Morgan fingerprint density at radius 3 is 2.60 bits per heavy atom. The number of carbonyl (C=O) groups is 1. The summed E-state index contributed by atoms with van der Waals surface area (Å²) in [5, 5.41) is 17.5. The van der Waals surface area contributed by atoms with Crippen LogP contribution < -0.4 is 4.74 Å². The number of hydrogen-bond acceptors (Lipinski definition) is 5. The summed E-state index contributed by atoms with van der Waals surface area (Å²) in [5.41, 5.74) is 4.39. The molecule has 1 N–H and O–H groups in total. The van der Waals surface area contributed by atoms with E-state index in [9.17, 15) is 4.79 Å². The molecule has 3 aromatic rings. The highest BCUT2D eigenvalue weighted by Gasteiger charge is 2.08. The molecule has 0 amide bonds. The van der Waals surface area contributed by atoms with Gasteiger partial charge in [0.1, 0.15) is 12.4 Å². The van der Waals surface area contributed by atoms with Crippen molar-refractivity contribution in [1.29, 1.82) is 0 Å². The van der Waals surface area contributed by atoms with Crippen LogP contribution in [0, 0.1) is 6.92 Å². The van der Waals surface area contributed by atoms with Crippen LogP contribution in [0.25, 0.3) is 5.69 Å². The molecule has 0 aliphatic heterocycles. The van der Waals surface area contributed by atoms with E-state index in [0.29, 0.717) is 12.4 Å². The van der Waals surface area contributed by atoms with Crippen LogP contribution in [-0.2, 0) is 16.1 Å². The van der Waals surface area contributed by atoms with Gasteiger partial charge in [-0.25, -0.2) is 4.68 Å². The van der Waals surface area contributed by atoms with Crippen LogP contribution in [0.4, 0.5) is 0 Å². The van der Waals surface area contributed by atoms with Gasteiger partial charge in [-0.3, -0.25) is 4.79 Å². The summed E-state index contributed by atoms with van der Waals surface area (Å²) in [4.78, 5) is 16.4. The van der Waals surface area contributed by atoms with Gasteiger partial charge >= 0.3 is 5.97 Å². The maximum absolute atomic E-state index is 10.9. The largest absolute Gasteiger partial charge is 0.490 e. The molecule has 0 unspecified atom stereocenters. The topological polar surface area (TPSA) is 85.9 Å². The molecule has 0 radical (unpaired) electrons. The fourth-order valence-corrected chi connectivity index (χ4v) is 3.03. The number of ether oxygens (including phenoxy) is 1. The molecule has 7 nitrogen and oxygen atoms in total. The Bertz CT molecular complexity index is 996. The number of carboxylic acids is 1. The molecule has 1 aromatic heterocycles. The predicted octanol–water partition coefficient (Wildman–Crippen LogP) is 4.02. The summed E-state index contributed by atoms with van der Waals surface area (Å²) < 4.78 is 7.54. The first-order valence-corrected chi connectivity index (χ1v) is 9.81. The van der Waals surface area contributed by atoms with Gasteiger partial charge in [0.15, 0.2) is 6.61 Å². The first-order chi connectivity index (χ1) is 14.6. The van der Waals surface area contributed by atoms with Crippen molar-refractivity contribution in [2.45, 2.75) is 26.7 Å². The van der Waals surface area contributed by atoms with E-state index in [-0.39, 0.29) is 13.0 Å². The van der Waals surface area contributed by atoms with E-state index >= 15 is 0 Å². The number of aromatic nitrogens is 2. The van der Waals surface area contributed by atoms with Gasteiger partial charge in [-0.05, 0) is 54.3 Å². The highest BCUT2D eigenvalue weighted by molar-refractivity contribution is 6.00. The molecule has 0 aliphatic rings. The van der Waals surface area contributed by atoms with Crippen LogP contribution in [0.3, 0.4) is 0 Å². The second kappa shape index (κ2) is 10.2. The van der Waals surface area contributed by atoms with Crippen LogP contribution in [0.1, 0.15) is 30.0 Å². The zero-order valence-corrected chi connectivity index (χ0v) is 17.1. The Morgan fingerprint density at radius 1 is 1.13 bits per heavy atom. The third kappa shape index (κ3) is 5.47. The summed E-state index contributed by atoms with van der Waals surface area (Å²) >= 11 is 0. The lowest BCUT2D eigenvalue weighted by Crippen LogP contribution is -2.09. The molecular formula is C23H25N3O4. The Hall–Kier alpha value is -3.61. The lowest BCUT2D eigenvalue weighted by Gasteiger charge is -2.11. The third-order valence-corrected chi connectivity index (χ3v) is 4.65. The van der Waals surface area contributed by atoms with Crippen LogP contribution in [0.2, 0.25) is 0 Å². The Kier molecular flexibility index (Phi) is 7.21. The van der Waals surface area contributed by atoms with Gasteiger partial charge in [-0.1, -0.05) is 36.3 Å². The van der Waals surface area contributed by atoms with Crippen molar-refractivity contribution in [3.63, 3.8) is 0 Å². The number of oxime groups is 1. The molecule has 0 spiro atoms. The van der Waals surface area contributed by atoms with Crippen molar-refractivity contribution >= 4 is 11.7 Å². The van der Waals surface area contributed by atoms with E-state index < -0.39 is 5.97 Å². The molecule has 2 aromatic carbocycles. The minimum Gasteiger partial charge on any atom is -0.490 e. The number of carboxylic acid groups (broad SMARTS) is 1. The van der Waals surface area contributed by atoms with Gasteiger partial charge in [-0.2, -0.15) is 5.10 Å². The van der Waals surface area contributed by atoms with E-state index in [0.717, 1.165) is 34.5 Å². The summed E-state index contributed by atoms with van der Waals surface area (Å²) in [6, 6.07) is 15.3. The molecule has 1 heterocycles. The quantitative estimate of drug-likeness (QED) is 0.312. The molecule has 7 heteroatoms. The smallest absolute Gasteiger partial charge is 0.307 e. The second-order valence-electron chi connectivity index (χ2n) is 6.68. The van der Waals surface area contributed by atoms with Gasteiger partial charge in [0.05, 0.1) is 17.8 Å². The number of benzene rings is 2. The first kappa shape index (κ1) is 21.1. The molecule has 0 bridgehead atoms. The van der Waals surface area contributed by atoms with Crippen molar-refractivity contribution in [3.8, 4) is 11.4 Å². The van der Waals surface area contributed by atoms with Crippen molar-refractivity contribution in [2.24, 2.45) is 5.16 Å². The van der Waals surface area contributed by atoms with Crippen LogP contribution in [0.5, 0.6) is 5.75 Å². The minimum atomic E-state index is -0.863. The van der Waals surface area contributed by atoms with E-state index in [2.05, 4.69) is 10.3 Å². The molecule has 0 aliphatic carbocycles. The second-order valence-corrected chi connectivity index (χ2v) is 6.68. The fraction of sp³-hybridized carbons (Fsp3) is 0.261. The summed E-state index contributed by atoms with van der Waals surface area (Å²) in [6.07, 6.45) is 4.35. The third-order valence-electron chi connectivity index (χ3n) is 4.65. The van der Waals surface area contributed by atoms with Crippen molar-refractivity contribution in [1.82, 2.24) is 9.78 Å². The Labute approximate surface area is 175 Å². The molecule has 0 saturated carbocycles. The number of aliphatic carboxylic acids is 1. The highest BCUT2D eigenvalue weighted by Crippen LogP contribution is 2.21. The lowest BCUT2D eigenvalue weighted by molar-refractivity contribution is -0.136. The number of rotatable bonds is 10. The summed E-state index contributed by atoms with van der Waals surface area (Å²) in [6.45, 7) is 4.49. The molecule has 3 rings (SSSR count). The molecule has 0 atom stereocenters. The van der Waals surface area contributed by atoms with Gasteiger partial charge in [0, 0.05) is 12.4 Å². The Morgan fingerprint density at radius 2 is 1.93 bits per heavy atom. The number of hydrogen-bond donors (Lipinski definition) is 1. The van der Waals surface area contributed by atoms with Crippen LogP contribution >= 0.6 is 0 Å². The van der Waals surface area contributed by atoms with Gasteiger partial charge < -0.3 is 14.7 Å². The van der Waals surface area contributed by atoms with Gasteiger partial charge in [0.2, 0.25) is 0 Å². The predicted molar refractivity (Wildman–Crippen MR) is 114 cm³/mol. The van der Waals surface area contributed by atoms with E-state index in [4.69, 9.17) is 14.7 Å². The maximum Gasteiger partial charge on any atom is 0.307 e. The standard InChI is InChI=1S/C23H25N3O4/c1-3-21(18-8-10-20(11-9-18)26-13-5-12-24-26)25-30-15-14-29-22-7-4-6-19(17(22)2)16-23(27)28/h4-13H,3,14-16H2,1-2H3,(H,27,28)/b25-21+. The van der Waals surface area contributed by atoms with E-state index in [1.807, 2.05) is 56.4 Å². The molecular weight excluding hydrogens is 382 g/mol. The lowest BCUT2D eigenvalue weighted by atomic mass is 10.1. The van der Waals surface area contributed by atoms with Crippen LogP contribution in [0.15, 0.2) is 66.1 Å². The van der Waals surface area contributed by atoms with E-state index in [1.165, 1.54) is 0 Å². The van der Waals surface area contributed by atoms with Crippen molar-refractivity contribution < 1.29 is 19.5 Å². The van der Waals surface area contributed by atoms with Crippen molar-refractivity contribution in [2.75, 3.05) is 13.2 Å². The fourth-order valence-electron chi connectivity index (χ4n) is 3.03. The monoisotopic (exact) mass is 407 g/mol. The number of nitrogens with zero attached hydrogens (tertiary/aromatic N) is 3. The zero-order valence-electron chi connectivity index (χ0n) is 17.1.